The van der Waals surface area contributed by atoms with Crippen LogP contribution in [0.4, 0.5) is 0 Å². The van der Waals surface area contributed by atoms with Gasteiger partial charge in [-0.15, -0.1) is 5.10 Å². The van der Waals surface area contributed by atoms with Gasteiger partial charge in [-0.25, -0.2) is 0 Å². The zero-order valence-electron chi connectivity index (χ0n) is 9.24. The quantitative estimate of drug-likeness (QED) is 0.469. The second-order valence-corrected chi connectivity index (χ2v) is 3.40. The van der Waals surface area contributed by atoms with E-state index in [1.54, 1.807) is 18.5 Å². The number of hydrogen-bond donors (Lipinski definition) is 2. The van der Waals surface area contributed by atoms with Gasteiger partial charge in [0.1, 0.15) is 5.69 Å². The van der Waals surface area contributed by atoms with Crippen molar-refractivity contribution in [2.45, 2.75) is 6.42 Å². The largest absolute Gasteiger partial charge is 0.380 e. The van der Waals surface area contributed by atoms with E-state index < -0.39 is 0 Å². The van der Waals surface area contributed by atoms with E-state index in [0.717, 1.165) is 5.69 Å². The Morgan fingerprint density at radius 1 is 1.35 bits per heavy atom. The van der Waals surface area contributed by atoms with Gasteiger partial charge in [0.05, 0.1) is 0 Å². The number of nitrogens with zero attached hydrogens (tertiary/aromatic N) is 3. The monoisotopic (exact) mass is 227 g/mol. The molecule has 0 saturated heterocycles. The van der Waals surface area contributed by atoms with Crippen molar-refractivity contribution in [2.24, 2.45) is 15.9 Å². The Labute approximate surface area is 99.1 Å². The fraction of sp³-hybridized carbons (Fsp3) is 0.0833. The smallest absolute Gasteiger partial charge is 0.171 e. The van der Waals surface area contributed by atoms with Crippen LogP contribution in [-0.4, -0.2) is 22.0 Å². The number of nitrogens with one attached hydrogen (secondary N) is 1. The first-order valence-electron chi connectivity index (χ1n) is 5.25. The lowest BCUT2D eigenvalue weighted by atomic mass is 10.3. The Bertz CT molecular complexity index is 499. The van der Waals surface area contributed by atoms with Gasteiger partial charge < -0.3 is 10.7 Å². The summed E-state index contributed by atoms with van der Waals surface area (Å²) < 4.78 is 0. The minimum atomic E-state index is 0.313. The van der Waals surface area contributed by atoms with Crippen LogP contribution in [0, 0.1) is 0 Å². The Morgan fingerprint density at radius 3 is 3.00 bits per heavy atom. The molecule has 0 aliphatic heterocycles. The first kappa shape index (κ1) is 11.1. The highest BCUT2D eigenvalue weighted by molar-refractivity contribution is 5.95. The molecule has 3 N–H and O–H groups in total. The van der Waals surface area contributed by atoms with E-state index in [4.69, 9.17) is 5.73 Å². The van der Waals surface area contributed by atoms with Crippen molar-refractivity contribution in [1.29, 1.82) is 0 Å². The molecule has 0 saturated carbocycles. The number of rotatable bonds is 4. The van der Waals surface area contributed by atoms with Gasteiger partial charge in [0, 0.05) is 30.7 Å². The summed E-state index contributed by atoms with van der Waals surface area (Å²) in [6, 6.07) is 9.39. The van der Waals surface area contributed by atoms with Crippen molar-refractivity contribution < 1.29 is 0 Å². The van der Waals surface area contributed by atoms with Crippen LogP contribution in [0.3, 0.4) is 0 Å². The topological polar surface area (TPSA) is 79.4 Å². The maximum atomic E-state index is 5.72. The average molecular weight is 227 g/mol. The molecule has 0 unspecified atom stereocenters. The Hall–Kier alpha value is -2.43. The van der Waals surface area contributed by atoms with Crippen LogP contribution >= 0.6 is 0 Å². The van der Waals surface area contributed by atoms with Crippen LogP contribution in [-0.2, 0) is 6.42 Å². The second kappa shape index (κ2) is 5.60. The van der Waals surface area contributed by atoms with Gasteiger partial charge in [0.25, 0.3) is 0 Å². The van der Waals surface area contributed by atoms with Crippen molar-refractivity contribution in [3.05, 3.63) is 54.1 Å². The molecule has 2 aromatic rings. The molecule has 2 rings (SSSR count). The highest BCUT2D eigenvalue weighted by Crippen LogP contribution is 1.95. The summed E-state index contributed by atoms with van der Waals surface area (Å²) in [4.78, 5) is 7.15. The van der Waals surface area contributed by atoms with Crippen LogP contribution in [0.25, 0.3) is 0 Å². The number of hydrogen-bond acceptors (Lipinski definition) is 3. The van der Waals surface area contributed by atoms with E-state index in [1.807, 2.05) is 30.5 Å². The molecule has 86 valence electrons. The molecular formula is C12H13N5. The molecule has 0 aliphatic carbocycles. The number of aromatic amines is 1. The maximum absolute atomic E-state index is 5.72. The summed E-state index contributed by atoms with van der Waals surface area (Å²) in [7, 11) is 0. The summed E-state index contributed by atoms with van der Waals surface area (Å²) in [6.45, 7) is 0. The Morgan fingerprint density at radius 2 is 2.29 bits per heavy atom. The number of aromatic nitrogens is 2. The Kier molecular flexibility index (Phi) is 3.64. The van der Waals surface area contributed by atoms with Gasteiger partial charge in [-0.05, 0) is 24.3 Å². The number of nitrogens with two attached hydrogens (primary N) is 1. The molecule has 0 fully saturated rings. The average Bonchev–Trinajstić information content (AvgIpc) is 2.88. The van der Waals surface area contributed by atoms with Crippen LogP contribution in [0.1, 0.15) is 11.4 Å². The van der Waals surface area contributed by atoms with Crippen molar-refractivity contribution >= 4 is 12.1 Å². The summed E-state index contributed by atoms with van der Waals surface area (Å²) in [6.07, 6.45) is 5.93. The van der Waals surface area contributed by atoms with Crippen LogP contribution in [0.5, 0.6) is 0 Å². The van der Waals surface area contributed by atoms with E-state index >= 15 is 0 Å². The van der Waals surface area contributed by atoms with E-state index in [-0.39, 0.29) is 0 Å². The zero-order valence-corrected chi connectivity index (χ0v) is 9.24. The molecule has 0 amide bonds. The second-order valence-electron chi connectivity index (χ2n) is 3.40. The molecule has 0 radical (unpaired) electrons. The van der Waals surface area contributed by atoms with E-state index in [0.29, 0.717) is 18.0 Å². The van der Waals surface area contributed by atoms with Crippen molar-refractivity contribution in [3.8, 4) is 0 Å². The molecule has 0 aromatic carbocycles. The van der Waals surface area contributed by atoms with Gasteiger partial charge in [0.2, 0.25) is 0 Å². The lowest BCUT2D eigenvalue weighted by molar-refractivity contribution is 1.15. The molecule has 0 aliphatic rings. The van der Waals surface area contributed by atoms with Gasteiger partial charge in [-0.1, -0.05) is 6.07 Å². The van der Waals surface area contributed by atoms with Crippen LogP contribution < -0.4 is 5.73 Å². The molecule has 2 aromatic heterocycles. The van der Waals surface area contributed by atoms with Crippen molar-refractivity contribution in [2.75, 3.05) is 0 Å². The zero-order chi connectivity index (χ0) is 11.9. The summed E-state index contributed by atoms with van der Waals surface area (Å²) in [5.41, 5.74) is 7.43. The van der Waals surface area contributed by atoms with E-state index in [9.17, 15) is 0 Å². The van der Waals surface area contributed by atoms with E-state index in [2.05, 4.69) is 20.2 Å². The van der Waals surface area contributed by atoms with Crippen LogP contribution in [0.2, 0.25) is 0 Å². The van der Waals surface area contributed by atoms with Crippen LogP contribution in [0.15, 0.2) is 52.9 Å². The molecule has 0 spiro atoms. The number of pyridine rings is 1. The maximum Gasteiger partial charge on any atom is 0.171 e. The van der Waals surface area contributed by atoms with Gasteiger partial charge in [-0.3, -0.25) is 4.98 Å². The molecule has 0 bridgehead atoms. The van der Waals surface area contributed by atoms with Gasteiger partial charge in [-0.2, -0.15) is 5.10 Å². The fourth-order valence-corrected chi connectivity index (χ4v) is 1.30. The number of H-pyrrole nitrogens is 1. The standard InChI is InChI=1S/C12H13N5/c13-12(11-5-1-2-7-15-11)17-16-9-6-10-4-3-8-14-10/h1-5,7-9,14H,6H2,(H2,13,17)/b16-9+. The third-order valence-corrected chi connectivity index (χ3v) is 2.15. The molecular weight excluding hydrogens is 214 g/mol. The lowest BCUT2D eigenvalue weighted by Gasteiger charge is -1.95. The summed E-state index contributed by atoms with van der Waals surface area (Å²) >= 11 is 0. The highest BCUT2D eigenvalue weighted by Gasteiger charge is 1.96. The van der Waals surface area contributed by atoms with Gasteiger partial charge >= 0.3 is 0 Å². The third kappa shape index (κ3) is 3.27. The van der Waals surface area contributed by atoms with Crippen molar-refractivity contribution in [3.63, 3.8) is 0 Å². The molecule has 2 heterocycles. The summed E-state index contributed by atoms with van der Waals surface area (Å²) in [5.74, 6) is 0.313. The third-order valence-electron chi connectivity index (χ3n) is 2.15. The molecule has 0 atom stereocenters. The highest BCUT2D eigenvalue weighted by atomic mass is 15.2. The first-order valence-corrected chi connectivity index (χ1v) is 5.25. The molecule has 5 heteroatoms. The van der Waals surface area contributed by atoms with Gasteiger partial charge in [0.15, 0.2) is 5.84 Å². The molecule has 5 nitrogen and oxygen atoms in total. The minimum Gasteiger partial charge on any atom is -0.380 e. The Balaban J connectivity index is 1.94. The normalized spacial score (nSPS) is 12.1. The fourth-order valence-electron chi connectivity index (χ4n) is 1.30. The first-order chi connectivity index (χ1) is 8.36. The lowest BCUT2D eigenvalue weighted by Crippen LogP contribution is -2.14. The molecule has 17 heavy (non-hydrogen) atoms. The summed E-state index contributed by atoms with van der Waals surface area (Å²) in [5, 5.41) is 7.78. The SMILES string of the molecule is N/C(=N\N=C\Cc1ccc[nH]1)c1ccccn1. The predicted molar refractivity (Wildman–Crippen MR) is 68.0 cm³/mol. The minimum absolute atomic E-state index is 0.313. The van der Waals surface area contributed by atoms with Crippen molar-refractivity contribution in [1.82, 2.24) is 9.97 Å². The number of amidine groups is 1. The van der Waals surface area contributed by atoms with E-state index in [1.165, 1.54) is 0 Å². The predicted octanol–water partition coefficient (Wildman–Crippen LogP) is 1.34.